The Morgan fingerprint density at radius 1 is 0.314 bits per heavy atom. The minimum Gasteiger partial charge on any atom is -0.288 e. The molecule has 0 unspecified atom stereocenters. The van der Waals surface area contributed by atoms with Gasteiger partial charge in [0.2, 0.25) is 0 Å². The van der Waals surface area contributed by atoms with E-state index >= 15 is 9.59 Å². The number of thiophene rings is 8. The Bertz CT molecular complexity index is 6010. The van der Waals surface area contributed by atoms with Gasteiger partial charge in [0.15, 0.2) is 5.78 Å². The number of nitrogens with zero attached hydrogens (tertiary/aromatic N) is 2. The molecule has 0 bridgehead atoms. The third-order valence-corrected chi connectivity index (χ3v) is 52.8. The number of hydrogen-bond donors (Lipinski definition) is 0. The monoisotopic (exact) mass is 2060 g/mol. The summed E-state index contributed by atoms with van der Waals surface area (Å²) in [5.74, 6) is -0.466. The molecule has 2 aliphatic carbocycles. The molecule has 2 aliphatic heterocycles. The van der Waals surface area contributed by atoms with Crippen molar-refractivity contribution in [1.29, 1.82) is 0 Å². The van der Waals surface area contributed by atoms with E-state index in [-0.39, 0.29) is 35.2 Å². The van der Waals surface area contributed by atoms with Gasteiger partial charge in [-0.05, 0) is 138 Å². The average Bonchev–Trinajstić information content (AvgIpc) is 1.54. The molecule has 0 radical (unpaired) electrons. The summed E-state index contributed by atoms with van der Waals surface area (Å²) in [6, 6.07) is 35.0. The molecule has 618 valence electrons. The van der Waals surface area contributed by atoms with Crippen LogP contribution in [0.3, 0.4) is 0 Å². The number of Topliss-reactive ketones (excluding diaryl/α,β-unsaturated/α-hetero) is 2. The molecule has 4 amide bonds. The first-order valence-corrected chi connectivity index (χ1v) is 71.2. The summed E-state index contributed by atoms with van der Waals surface area (Å²) >= 11 is 16.9. The third kappa shape index (κ3) is 18.1. The van der Waals surface area contributed by atoms with Gasteiger partial charge in [-0.1, -0.05) is 118 Å². The van der Waals surface area contributed by atoms with E-state index in [9.17, 15) is 19.2 Å². The zero-order valence-electron chi connectivity index (χ0n) is 71.0. The SMILES string of the molecule is CCCCCCc1cc2c(s1)c1c(c3sc(CCCCCC)cc32)=C(c2cc[c]([Sn]([CH3])([CH3])[CH3])s2)C(=O)C=1c1cc[c]([Sn]([CH3])([CH3])[CH3])s1.CCCCCCc1cc2c(s1)c1c(c3sc(CCCCCC)cc32)=C(c2ccc(-c3ccc(C)c4c3C(=O)N(CCCC)C4=O)s2)C(=O)C=1c1ccc(C)s1.CCCCN1C(=O)c2c(Br)ccc(Br)c2C1=O. The van der Waals surface area contributed by atoms with Crippen molar-refractivity contribution in [2.24, 2.45) is 0 Å². The molecule has 4 aliphatic rings. The molecule has 12 aromatic rings. The van der Waals surface area contributed by atoms with Crippen LogP contribution in [-0.2, 0) is 35.3 Å². The molecule has 0 saturated heterocycles. The summed E-state index contributed by atoms with van der Waals surface area (Å²) < 4.78 is 9.59. The maximum atomic E-state index is 15.2. The number of amides is 4. The Morgan fingerprint density at radius 2 is 0.627 bits per heavy atom. The standard InChI is InChI=1S/C47H49NO3S4.C33H32OS4.C12H11Br2NO2.6CH3.2Sn/c1-6-9-12-14-16-29-25-32-33-26-30(17-15-13-10-7-2)54-45(33)42-40(43(49)39(41(42)44(32)53-29)35-21-19-28(5)52-35)36-23-22-34(55-36)31-20-18-27(4)37-38(31)47(51)48(46(37)50)24-11-8-3;1-3-5-7-9-13-21-19-23-24-20-22(14-10-8-6-4-2)38-33(24)30-28(26-16-12-18-36-26)31(34)27(25-15-11-17-35-25)29(30)32(23)37-21;1-2-3-6-15-11(16)9-7(13)4-5-8(14)10(9)12(15)17;;;;;;;;/h18-23,25-26H,6-17,24H2,1-5H3;11-12,15-16,19-20H,3-10,13-14H2,1-2H3;4-5H,2-3,6H2,1H3;6*1H3;;. The fourth-order valence-corrected chi connectivity index (χ4v) is 37.6. The molecule has 16 rings (SSSR count). The zero-order valence-corrected chi connectivity index (χ0v) is 86.4. The number of ketones is 2. The predicted octanol–water partition coefficient (Wildman–Crippen LogP) is 26.3. The molecule has 20 heteroatoms. The summed E-state index contributed by atoms with van der Waals surface area (Å²) in [5.41, 5.74) is 7.12. The van der Waals surface area contributed by atoms with Crippen LogP contribution in [-0.4, -0.2) is 94.8 Å². The zero-order chi connectivity index (χ0) is 83.8. The van der Waals surface area contributed by atoms with Crippen LogP contribution in [0.5, 0.6) is 0 Å². The molecule has 0 N–H and O–H groups in total. The van der Waals surface area contributed by atoms with Gasteiger partial charge in [-0.3, -0.25) is 33.8 Å². The molecule has 8 nitrogen and oxygen atoms in total. The first kappa shape index (κ1) is 89.5. The summed E-state index contributed by atoms with van der Waals surface area (Å²) in [4.78, 5) is 112. The Labute approximate surface area is 754 Å². The molecule has 10 heterocycles. The second-order valence-corrected chi connectivity index (χ2v) is 75.9. The number of halogens is 2. The van der Waals surface area contributed by atoms with Gasteiger partial charge in [0.05, 0.1) is 22.3 Å². The summed E-state index contributed by atoms with van der Waals surface area (Å²) in [5, 5.41) is 10.0. The van der Waals surface area contributed by atoms with E-state index in [1.165, 1.54) is 197 Å². The van der Waals surface area contributed by atoms with Crippen LogP contribution in [0.1, 0.15) is 261 Å². The minimum absolute atomic E-state index is 0.0842. The fourth-order valence-electron chi connectivity index (χ4n) is 16.8. The van der Waals surface area contributed by atoms with Crippen molar-refractivity contribution in [3.05, 3.63) is 199 Å². The Morgan fingerprint density at radius 3 is 0.958 bits per heavy atom. The third-order valence-electron chi connectivity index (χ3n) is 23.2. The Hall–Kier alpha value is -4.82. The number of rotatable bonds is 33. The van der Waals surface area contributed by atoms with Crippen molar-refractivity contribution < 1.29 is 28.8 Å². The fraction of sp³-hybridized carbons (Fsp3) is 0.408. The first-order chi connectivity index (χ1) is 56.7. The van der Waals surface area contributed by atoms with E-state index in [1.807, 2.05) is 100 Å². The van der Waals surface area contributed by atoms with Crippen molar-refractivity contribution in [2.45, 2.75) is 239 Å². The molecule has 0 atom stereocenters. The second-order valence-electron chi connectivity index (χ2n) is 34.3. The molecule has 0 spiro atoms. The molecule has 118 heavy (non-hydrogen) atoms. The molecular weight excluding hydrogens is 1950 g/mol. The van der Waals surface area contributed by atoms with Crippen LogP contribution in [0.15, 0.2) is 106 Å². The molecule has 0 saturated carbocycles. The van der Waals surface area contributed by atoms with Crippen molar-refractivity contribution in [1.82, 2.24) is 9.80 Å². The second kappa shape index (κ2) is 38.7. The van der Waals surface area contributed by atoms with E-state index < -0.39 is 36.8 Å². The van der Waals surface area contributed by atoms with Crippen LogP contribution in [0, 0.1) is 13.8 Å². The van der Waals surface area contributed by atoms with Crippen LogP contribution in [0.2, 0.25) is 29.6 Å². The maximum absolute atomic E-state index is 15.2. The van der Waals surface area contributed by atoms with E-state index in [1.54, 1.807) is 40.6 Å². The number of aryl methyl sites for hydroxylation is 6. The normalized spacial score (nSPS) is 14.1. The van der Waals surface area contributed by atoms with Gasteiger partial charge in [-0.2, -0.15) is 0 Å². The van der Waals surface area contributed by atoms with Crippen molar-refractivity contribution in [2.75, 3.05) is 13.1 Å². The van der Waals surface area contributed by atoms with Crippen LogP contribution in [0.4, 0.5) is 0 Å². The number of unbranched alkanes of at least 4 members (excludes halogenated alkanes) is 14. The van der Waals surface area contributed by atoms with Gasteiger partial charge < -0.3 is 0 Å². The molecule has 0 fully saturated rings. The predicted molar refractivity (Wildman–Crippen MR) is 525 cm³/mol. The van der Waals surface area contributed by atoms with Gasteiger partial charge in [0.1, 0.15) is 0 Å². The topological polar surface area (TPSA) is 109 Å². The maximum Gasteiger partial charge on any atom is 0.262 e. The van der Waals surface area contributed by atoms with Crippen LogP contribution >= 0.6 is 123 Å². The average molecular weight is 2070 g/mol. The summed E-state index contributed by atoms with van der Waals surface area (Å²) in [7, 11) is 0. The molecule has 8 aromatic heterocycles. The van der Waals surface area contributed by atoms with E-state index in [0.29, 0.717) is 44.3 Å². The van der Waals surface area contributed by atoms with E-state index in [0.717, 1.165) is 110 Å². The van der Waals surface area contributed by atoms with Gasteiger partial charge in [0, 0.05) is 98.6 Å². The smallest absolute Gasteiger partial charge is 0.262 e. The van der Waals surface area contributed by atoms with Crippen molar-refractivity contribution in [3.8, 4) is 10.4 Å². The van der Waals surface area contributed by atoms with Crippen LogP contribution in [0.25, 0.3) is 73.1 Å². The molecule has 4 aromatic carbocycles. The summed E-state index contributed by atoms with van der Waals surface area (Å²) in [6.45, 7) is 18.1. The van der Waals surface area contributed by atoms with Gasteiger partial charge in [0.25, 0.3) is 23.6 Å². The Balaban J connectivity index is 0.000000163. The number of hydrogen-bond acceptors (Lipinski definition) is 14. The first-order valence-electron chi connectivity index (χ1n) is 43.1. The number of benzene rings is 4. The van der Waals surface area contributed by atoms with Gasteiger partial charge in [-0.25, -0.2) is 0 Å². The number of carbonyl (C=O) groups is 6. The Kier molecular flexibility index (Phi) is 29.4. The van der Waals surface area contributed by atoms with Crippen molar-refractivity contribution >= 4 is 263 Å². The number of imide groups is 2. The molecular formula is C98H110Br2N2O6S8Sn2. The largest absolute Gasteiger partial charge is 0.288 e. The minimum atomic E-state index is -2.30. The van der Waals surface area contributed by atoms with Gasteiger partial charge in [-0.15, -0.1) is 45.3 Å². The van der Waals surface area contributed by atoms with E-state index in [2.05, 4.69) is 170 Å². The van der Waals surface area contributed by atoms with Gasteiger partial charge >= 0.3 is 277 Å². The number of carbonyl (C=O) groups excluding carboxylic acids is 6. The van der Waals surface area contributed by atoms with Crippen LogP contribution < -0.4 is 26.7 Å². The van der Waals surface area contributed by atoms with Crippen molar-refractivity contribution in [3.63, 3.8) is 0 Å². The van der Waals surface area contributed by atoms with E-state index in [4.69, 9.17) is 0 Å². The summed E-state index contributed by atoms with van der Waals surface area (Å²) in [6.07, 6.45) is 27.9. The quantitative estimate of drug-likeness (QED) is 0.0230. The number of fused-ring (bicyclic) bond motifs is 14.